The van der Waals surface area contributed by atoms with Gasteiger partial charge in [-0.2, -0.15) is 0 Å². The van der Waals surface area contributed by atoms with Crippen LogP contribution in [0.1, 0.15) is 0 Å². The first-order valence-electron chi connectivity index (χ1n) is 12.2. The van der Waals surface area contributed by atoms with Crippen LogP contribution in [0.25, 0.3) is 0 Å². The number of carbonyl (C=O) groups is 6. The molecule has 0 aromatic heterocycles. The van der Waals surface area contributed by atoms with Gasteiger partial charge in [-0.25, -0.2) is 19.2 Å². The van der Waals surface area contributed by atoms with E-state index in [1.54, 1.807) is 14.1 Å². The van der Waals surface area contributed by atoms with Crippen molar-refractivity contribution in [1.82, 2.24) is 10.6 Å². The Morgan fingerprint density at radius 2 is 1.05 bits per heavy atom. The smallest absolute Gasteiger partial charge is 0.359 e. The number of carboxylic acids is 2. The van der Waals surface area contributed by atoms with Crippen LogP contribution in [0.5, 0.6) is 0 Å². The van der Waals surface area contributed by atoms with Gasteiger partial charge in [0, 0.05) is 36.7 Å². The first-order chi connectivity index (χ1) is 18.7. The molecule has 226 valence electrons. The lowest BCUT2D eigenvalue weighted by atomic mass is 10.3. The van der Waals surface area contributed by atoms with Gasteiger partial charge in [-0.3, -0.25) is 9.59 Å². The molecular weight excluding hydrogens is 568 g/mol. The summed E-state index contributed by atoms with van der Waals surface area (Å²) < 4.78 is 9.52. The fourth-order valence-electron chi connectivity index (χ4n) is 3.32. The van der Waals surface area contributed by atoms with E-state index >= 15 is 0 Å². The number of aliphatic carboxylic acids is 2. The van der Waals surface area contributed by atoms with Crippen molar-refractivity contribution in [1.29, 1.82) is 0 Å². The Kier molecular flexibility index (Phi) is 18.4. The third-order valence-corrected chi connectivity index (χ3v) is 7.68. The molecule has 0 aliphatic rings. The molecular formula is C24H40N4O10S2+2. The van der Waals surface area contributed by atoms with E-state index in [1.165, 1.54) is 21.6 Å². The topological polar surface area (TPSA) is 185 Å². The Bertz CT molecular complexity index is 848. The van der Waals surface area contributed by atoms with Crippen LogP contribution in [0.2, 0.25) is 0 Å². The number of nitrogens with one attached hydrogen (secondary N) is 2. The molecule has 0 spiro atoms. The van der Waals surface area contributed by atoms with Gasteiger partial charge in [0.05, 0.1) is 14.1 Å². The normalized spacial score (nSPS) is 13.6. The van der Waals surface area contributed by atoms with Crippen LogP contribution < -0.4 is 10.6 Å². The van der Waals surface area contributed by atoms with E-state index in [4.69, 9.17) is 9.47 Å². The van der Waals surface area contributed by atoms with Crippen LogP contribution in [-0.4, -0.2) is 146 Å². The molecule has 0 heterocycles. The highest BCUT2D eigenvalue weighted by Crippen LogP contribution is 2.19. The zero-order chi connectivity index (χ0) is 30.6. The van der Waals surface area contributed by atoms with Crippen molar-refractivity contribution in [3.05, 3.63) is 25.3 Å². The number of quaternary nitrogens is 2. The Hall–Kier alpha value is -3.08. The SMILES string of the molecule is C=CC(=O)OCC[N+](C)(CC(=O)O)CC(=O)NCCSSCCNC(=O)C[N+](C)(CCOC(=O)C=C)CC(=O)O. The van der Waals surface area contributed by atoms with E-state index in [-0.39, 0.29) is 73.3 Å². The number of amides is 2. The minimum absolute atomic E-state index is 0.0477. The quantitative estimate of drug-likeness (QED) is 0.0370. The van der Waals surface area contributed by atoms with Gasteiger partial charge in [0.25, 0.3) is 11.8 Å². The van der Waals surface area contributed by atoms with Gasteiger partial charge in [0.15, 0.2) is 26.2 Å². The molecule has 0 aromatic rings. The maximum absolute atomic E-state index is 12.3. The van der Waals surface area contributed by atoms with Crippen LogP contribution >= 0.6 is 21.6 Å². The standard InChI is InChI=1S/C24H38N4O10S2/c1-5-23(35)37-11-9-27(3,17-21(31)32)15-19(29)25-7-13-39-40-14-8-26-20(30)16-28(4,18-22(33)34)10-12-38-24(36)6-2/h5-6H,1-2,7-18H2,3-4H3,(H2-2,25,26,29,30,31,32,33,34)/p+2. The second-order valence-corrected chi connectivity index (χ2v) is 11.9. The summed E-state index contributed by atoms with van der Waals surface area (Å²) in [5.74, 6) is -2.94. The third kappa shape index (κ3) is 19.1. The number of carboxylic acid groups (broad SMARTS) is 2. The summed E-state index contributed by atoms with van der Waals surface area (Å²) in [6.45, 7) is 6.65. The molecule has 0 saturated heterocycles. The molecule has 2 unspecified atom stereocenters. The largest absolute Gasteiger partial charge is 0.477 e. The van der Waals surface area contributed by atoms with E-state index in [0.29, 0.717) is 24.6 Å². The number of nitrogens with zero attached hydrogens (tertiary/aromatic N) is 2. The summed E-state index contributed by atoms with van der Waals surface area (Å²) in [5.41, 5.74) is 0. The number of ether oxygens (including phenoxy) is 2. The highest BCUT2D eigenvalue weighted by molar-refractivity contribution is 8.76. The first kappa shape index (κ1) is 36.9. The monoisotopic (exact) mass is 608 g/mol. The summed E-state index contributed by atoms with van der Waals surface area (Å²) in [6.07, 6.45) is 2.01. The van der Waals surface area contributed by atoms with Gasteiger partial charge in [0.1, 0.15) is 26.3 Å². The molecule has 0 radical (unpaired) electrons. The molecule has 0 rings (SSSR count). The van der Waals surface area contributed by atoms with Gasteiger partial charge >= 0.3 is 23.9 Å². The first-order valence-corrected chi connectivity index (χ1v) is 14.7. The Morgan fingerprint density at radius 1 is 0.700 bits per heavy atom. The van der Waals surface area contributed by atoms with Gasteiger partial charge in [0.2, 0.25) is 0 Å². The number of carbonyl (C=O) groups excluding carboxylic acids is 4. The minimum Gasteiger partial charge on any atom is -0.477 e. The fourth-order valence-corrected chi connectivity index (χ4v) is 5.13. The second-order valence-electron chi connectivity index (χ2n) is 9.19. The molecule has 2 amide bonds. The zero-order valence-electron chi connectivity index (χ0n) is 22.9. The minimum atomic E-state index is -1.08. The summed E-state index contributed by atoms with van der Waals surface area (Å²) in [4.78, 5) is 69.5. The maximum Gasteiger partial charge on any atom is 0.359 e. The molecule has 0 bridgehead atoms. The number of hydrogen-bond donors (Lipinski definition) is 4. The van der Waals surface area contributed by atoms with E-state index in [9.17, 15) is 39.0 Å². The zero-order valence-corrected chi connectivity index (χ0v) is 24.6. The highest BCUT2D eigenvalue weighted by Gasteiger charge is 2.30. The molecule has 16 heteroatoms. The fraction of sp³-hybridized carbons (Fsp3) is 0.583. The van der Waals surface area contributed by atoms with Crippen molar-refractivity contribution in [2.24, 2.45) is 0 Å². The summed E-state index contributed by atoms with van der Waals surface area (Å²) in [5, 5.41) is 23.8. The molecule has 2 atom stereocenters. The van der Waals surface area contributed by atoms with Gasteiger partial charge in [-0.05, 0) is 0 Å². The van der Waals surface area contributed by atoms with Crippen LogP contribution in [0, 0.1) is 0 Å². The number of hydrogen-bond acceptors (Lipinski definition) is 10. The van der Waals surface area contributed by atoms with Gasteiger partial charge in [-0.15, -0.1) is 0 Å². The van der Waals surface area contributed by atoms with Crippen molar-refractivity contribution in [3.63, 3.8) is 0 Å². The van der Waals surface area contributed by atoms with Gasteiger partial charge < -0.3 is 39.3 Å². The molecule has 0 aliphatic carbocycles. The highest BCUT2D eigenvalue weighted by atomic mass is 33.1. The lowest BCUT2D eigenvalue weighted by Gasteiger charge is -2.31. The summed E-state index contributed by atoms with van der Waals surface area (Å²) in [6, 6.07) is 0. The van der Waals surface area contributed by atoms with Crippen molar-refractivity contribution in [3.8, 4) is 0 Å². The molecule has 0 fully saturated rings. The van der Waals surface area contributed by atoms with Crippen LogP contribution in [0.4, 0.5) is 0 Å². The summed E-state index contributed by atoms with van der Waals surface area (Å²) >= 11 is 0. The Balaban J connectivity index is 4.30. The molecule has 4 N–H and O–H groups in total. The van der Waals surface area contributed by atoms with E-state index in [0.717, 1.165) is 12.2 Å². The third-order valence-electron chi connectivity index (χ3n) is 5.27. The number of rotatable bonds is 23. The predicted molar refractivity (Wildman–Crippen MR) is 150 cm³/mol. The van der Waals surface area contributed by atoms with Gasteiger partial charge in [-0.1, -0.05) is 34.7 Å². The average molecular weight is 609 g/mol. The van der Waals surface area contributed by atoms with Crippen LogP contribution in [-0.2, 0) is 38.2 Å². The van der Waals surface area contributed by atoms with Crippen molar-refractivity contribution in [2.45, 2.75) is 0 Å². The lowest BCUT2D eigenvalue weighted by molar-refractivity contribution is -0.895. The number of esters is 2. The Morgan fingerprint density at radius 3 is 1.35 bits per heavy atom. The van der Waals surface area contributed by atoms with Crippen molar-refractivity contribution in [2.75, 3.05) is 91.2 Å². The second kappa shape index (κ2) is 19.9. The lowest BCUT2D eigenvalue weighted by Crippen LogP contribution is -2.54. The molecule has 14 nitrogen and oxygen atoms in total. The van der Waals surface area contributed by atoms with Crippen molar-refractivity contribution >= 4 is 57.3 Å². The average Bonchev–Trinajstić information content (AvgIpc) is 2.83. The number of likely N-dealkylation sites (N-methyl/N-ethyl adjacent to an activating group) is 2. The van der Waals surface area contributed by atoms with Crippen LogP contribution in [0.3, 0.4) is 0 Å². The van der Waals surface area contributed by atoms with E-state index in [1.807, 2.05) is 0 Å². The molecule has 0 aliphatic heterocycles. The summed E-state index contributed by atoms with van der Waals surface area (Å²) in [7, 11) is 6.14. The molecule has 40 heavy (non-hydrogen) atoms. The molecule has 0 saturated carbocycles. The predicted octanol–water partition coefficient (Wildman–Crippen LogP) is -0.879. The van der Waals surface area contributed by atoms with Crippen molar-refractivity contribution < 1.29 is 57.4 Å². The maximum atomic E-state index is 12.3. The Labute approximate surface area is 241 Å². The van der Waals surface area contributed by atoms with Crippen LogP contribution in [0.15, 0.2) is 25.3 Å². The molecule has 0 aromatic carbocycles. The van der Waals surface area contributed by atoms with E-state index < -0.39 is 23.9 Å². The van der Waals surface area contributed by atoms with E-state index in [2.05, 4.69) is 23.8 Å².